The van der Waals surface area contributed by atoms with Gasteiger partial charge in [-0.25, -0.2) is 9.78 Å². The Balaban J connectivity index is 1.77. The average molecular weight is 431 g/mol. The molecule has 11 heteroatoms. The molecule has 3 heterocycles. The Labute approximate surface area is 172 Å². The highest BCUT2D eigenvalue weighted by atomic mass is 19.4. The van der Waals surface area contributed by atoms with Gasteiger partial charge >= 0.3 is 12.1 Å². The summed E-state index contributed by atoms with van der Waals surface area (Å²) in [7, 11) is 0. The maximum atomic E-state index is 12.5. The molecule has 0 aliphatic rings. The highest BCUT2D eigenvalue weighted by Gasteiger charge is 2.31. The number of nitrogens with zero attached hydrogens (tertiary/aromatic N) is 3. The summed E-state index contributed by atoms with van der Waals surface area (Å²) < 4.78 is 43.2. The number of aryl methyl sites for hydroxylation is 1. The molecule has 0 fully saturated rings. The first-order valence-corrected chi connectivity index (χ1v) is 9.16. The highest BCUT2D eigenvalue weighted by Crippen LogP contribution is 2.24. The van der Waals surface area contributed by atoms with Gasteiger partial charge < -0.3 is 9.30 Å². The average Bonchev–Trinajstić information content (AvgIpc) is 2.99. The van der Waals surface area contributed by atoms with Gasteiger partial charge in [0, 0.05) is 12.6 Å². The molecule has 0 saturated carbocycles. The van der Waals surface area contributed by atoms with Crippen LogP contribution in [0.4, 0.5) is 13.2 Å². The van der Waals surface area contributed by atoms with Gasteiger partial charge in [-0.05, 0) is 36.2 Å². The molecule has 8 nitrogen and oxygen atoms in total. The monoisotopic (exact) mass is 431 g/mol. The van der Waals surface area contributed by atoms with Crippen molar-refractivity contribution in [1.82, 2.24) is 24.5 Å². The van der Waals surface area contributed by atoms with Crippen LogP contribution in [0.2, 0.25) is 0 Å². The first kappa shape index (κ1) is 20.4. The van der Waals surface area contributed by atoms with Crippen molar-refractivity contribution in [3.8, 4) is 5.75 Å². The molecule has 3 aromatic heterocycles. The minimum atomic E-state index is -4.81. The highest BCUT2D eigenvalue weighted by molar-refractivity contribution is 5.70. The third kappa shape index (κ3) is 4.65. The number of hydrogen-bond acceptors (Lipinski definition) is 5. The first-order valence-electron chi connectivity index (χ1n) is 9.16. The van der Waals surface area contributed by atoms with Crippen LogP contribution in [-0.2, 0) is 13.0 Å². The molecule has 2 N–H and O–H groups in total. The van der Waals surface area contributed by atoms with Crippen LogP contribution in [0.1, 0.15) is 22.6 Å². The maximum Gasteiger partial charge on any atom is 0.573 e. The lowest BCUT2D eigenvalue weighted by Gasteiger charge is -2.11. The first-order chi connectivity index (χ1) is 14.7. The van der Waals surface area contributed by atoms with Gasteiger partial charge in [0.1, 0.15) is 11.6 Å². The Kier molecular flexibility index (Phi) is 5.09. The number of fused-ring (bicyclic) bond motifs is 1. The van der Waals surface area contributed by atoms with Crippen molar-refractivity contribution in [3.05, 3.63) is 86.1 Å². The summed E-state index contributed by atoms with van der Waals surface area (Å²) in [5.41, 5.74) is 0.975. The molecule has 31 heavy (non-hydrogen) atoms. The van der Waals surface area contributed by atoms with Crippen LogP contribution >= 0.6 is 0 Å². The van der Waals surface area contributed by atoms with E-state index in [4.69, 9.17) is 0 Å². The molecule has 0 bridgehead atoms. The summed E-state index contributed by atoms with van der Waals surface area (Å²) >= 11 is 0. The number of aromatic nitrogens is 5. The van der Waals surface area contributed by atoms with Crippen LogP contribution in [0, 0.1) is 6.92 Å². The van der Waals surface area contributed by atoms with Crippen molar-refractivity contribution < 1.29 is 17.9 Å². The van der Waals surface area contributed by atoms with E-state index < -0.39 is 17.6 Å². The minimum absolute atomic E-state index is 0.0820. The van der Waals surface area contributed by atoms with E-state index in [9.17, 15) is 22.8 Å². The van der Waals surface area contributed by atoms with Crippen LogP contribution in [0.25, 0.3) is 11.2 Å². The van der Waals surface area contributed by atoms with E-state index >= 15 is 0 Å². The quantitative estimate of drug-likeness (QED) is 0.506. The molecule has 0 amide bonds. The van der Waals surface area contributed by atoms with Crippen LogP contribution < -0.4 is 16.0 Å². The molecule has 0 unspecified atom stereocenters. The third-order valence-electron chi connectivity index (χ3n) is 4.51. The Hall–Kier alpha value is -3.89. The van der Waals surface area contributed by atoms with Crippen molar-refractivity contribution in [2.75, 3.05) is 0 Å². The summed E-state index contributed by atoms with van der Waals surface area (Å²) in [6, 6.07) is 9.14. The Bertz CT molecular complexity index is 1350. The van der Waals surface area contributed by atoms with Crippen LogP contribution in [0.15, 0.2) is 52.2 Å². The zero-order chi connectivity index (χ0) is 22.2. The summed E-state index contributed by atoms with van der Waals surface area (Å²) in [4.78, 5) is 37.4. The SMILES string of the molecule is Cc1ccc(Cn2c(Cc3cccc(OC(F)(F)F)c3)nc3[nH]c(=O)[nH]c(=O)c32)nc1. The van der Waals surface area contributed by atoms with Gasteiger partial charge in [0.25, 0.3) is 5.56 Å². The largest absolute Gasteiger partial charge is 0.573 e. The number of H-pyrrole nitrogens is 2. The fourth-order valence-electron chi connectivity index (χ4n) is 3.21. The number of nitrogens with one attached hydrogen (secondary N) is 2. The summed E-state index contributed by atoms with van der Waals surface area (Å²) in [6.45, 7) is 2.07. The number of alkyl halides is 3. The molecular formula is C20H16F3N5O3. The van der Waals surface area contributed by atoms with Crippen molar-refractivity contribution >= 4 is 11.2 Å². The van der Waals surface area contributed by atoms with E-state index in [2.05, 4.69) is 24.7 Å². The smallest absolute Gasteiger partial charge is 0.406 e. The van der Waals surface area contributed by atoms with E-state index in [-0.39, 0.29) is 29.9 Å². The zero-order valence-electron chi connectivity index (χ0n) is 16.2. The molecule has 1 aromatic carbocycles. The molecule has 0 saturated heterocycles. The van der Waals surface area contributed by atoms with E-state index in [0.29, 0.717) is 17.1 Å². The van der Waals surface area contributed by atoms with Crippen LogP contribution in [0.3, 0.4) is 0 Å². The molecule has 0 aliphatic carbocycles. The van der Waals surface area contributed by atoms with Gasteiger partial charge in [0.15, 0.2) is 11.2 Å². The second-order valence-corrected chi connectivity index (χ2v) is 6.92. The van der Waals surface area contributed by atoms with E-state index in [1.54, 1.807) is 22.9 Å². The topological polar surface area (TPSA) is 106 Å². The number of rotatable bonds is 5. The van der Waals surface area contributed by atoms with Gasteiger partial charge in [-0.15, -0.1) is 13.2 Å². The Morgan fingerprint density at radius 3 is 2.65 bits per heavy atom. The normalized spacial score (nSPS) is 11.7. The fraction of sp³-hybridized carbons (Fsp3) is 0.200. The van der Waals surface area contributed by atoms with E-state index in [1.165, 1.54) is 18.2 Å². The number of pyridine rings is 1. The van der Waals surface area contributed by atoms with Crippen LogP contribution in [-0.4, -0.2) is 30.9 Å². The summed E-state index contributed by atoms with van der Waals surface area (Å²) in [5.74, 6) is 0.00741. The molecule has 0 spiro atoms. The molecule has 0 radical (unpaired) electrons. The van der Waals surface area contributed by atoms with Crippen molar-refractivity contribution in [1.29, 1.82) is 0 Å². The maximum absolute atomic E-state index is 12.5. The number of hydrogen-bond donors (Lipinski definition) is 2. The Morgan fingerprint density at radius 2 is 1.94 bits per heavy atom. The second-order valence-electron chi connectivity index (χ2n) is 6.92. The van der Waals surface area contributed by atoms with Crippen LogP contribution in [0.5, 0.6) is 5.75 Å². The summed E-state index contributed by atoms with van der Waals surface area (Å²) in [6.07, 6.45) is -3.04. The lowest BCUT2D eigenvalue weighted by Crippen LogP contribution is -2.23. The predicted molar refractivity (Wildman–Crippen MR) is 105 cm³/mol. The van der Waals surface area contributed by atoms with Gasteiger partial charge in [-0.1, -0.05) is 18.2 Å². The van der Waals surface area contributed by atoms with Crippen molar-refractivity contribution in [2.45, 2.75) is 26.3 Å². The fourth-order valence-corrected chi connectivity index (χ4v) is 3.21. The zero-order valence-corrected chi connectivity index (χ0v) is 16.2. The van der Waals surface area contributed by atoms with Crippen molar-refractivity contribution in [2.24, 2.45) is 0 Å². The lowest BCUT2D eigenvalue weighted by atomic mass is 10.1. The Morgan fingerprint density at radius 1 is 1.13 bits per heavy atom. The number of ether oxygens (including phenoxy) is 1. The predicted octanol–water partition coefficient (Wildman–Crippen LogP) is 2.65. The minimum Gasteiger partial charge on any atom is -0.406 e. The lowest BCUT2D eigenvalue weighted by molar-refractivity contribution is -0.274. The van der Waals surface area contributed by atoms with Crippen molar-refractivity contribution in [3.63, 3.8) is 0 Å². The number of benzene rings is 1. The third-order valence-corrected chi connectivity index (χ3v) is 4.51. The van der Waals surface area contributed by atoms with E-state index in [0.717, 1.165) is 5.56 Å². The molecular weight excluding hydrogens is 415 g/mol. The molecule has 0 aliphatic heterocycles. The second kappa shape index (κ2) is 7.74. The molecule has 0 atom stereocenters. The number of aromatic amines is 2. The molecule has 160 valence electrons. The number of halogens is 3. The van der Waals surface area contributed by atoms with Gasteiger partial charge in [0.05, 0.1) is 12.2 Å². The summed E-state index contributed by atoms with van der Waals surface area (Å²) in [5, 5.41) is 0. The van der Waals surface area contributed by atoms with Gasteiger partial charge in [-0.3, -0.25) is 19.7 Å². The van der Waals surface area contributed by atoms with Gasteiger partial charge in [0.2, 0.25) is 0 Å². The molecule has 4 aromatic rings. The standard InChI is InChI=1S/C20H16F3N5O3/c1-11-5-6-13(24-9-11)10-28-15(25-17-16(28)18(29)27-19(30)26-17)8-12-3-2-4-14(7-12)31-20(21,22)23/h2-7,9H,8,10H2,1H3,(H2,26,27,29,30). The van der Waals surface area contributed by atoms with E-state index in [1.807, 2.05) is 13.0 Å². The molecule has 4 rings (SSSR count). The van der Waals surface area contributed by atoms with Gasteiger partial charge in [-0.2, -0.15) is 0 Å². The number of imidazole rings is 1.